The normalized spacial score (nSPS) is 10.7. The molecule has 18 heavy (non-hydrogen) atoms. The Bertz CT molecular complexity index is 727. The second-order valence-electron chi connectivity index (χ2n) is 3.76. The molecule has 0 fully saturated rings. The Balaban J connectivity index is 2.19. The summed E-state index contributed by atoms with van der Waals surface area (Å²) in [5.41, 5.74) is 1.15. The summed E-state index contributed by atoms with van der Waals surface area (Å²) < 4.78 is 1.46. The molecule has 2 aliphatic rings. The molecule has 3 rings (SSSR count). The molecule has 88 valence electrons. The van der Waals surface area contributed by atoms with Gasteiger partial charge in [0.15, 0.2) is 5.82 Å². The van der Waals surface area contributed by atoms with Gasteiger partial charge in [-0.25, -0.2) is 4.98 Å². The van der Waals surface area contributed by atoms with Crippen molar-refractivity contribution in [1.82, 2.24) is 14.5 Å². The lowest BCUT2D eigenvalue weighted by molar-refractivity contribution is 0.969. The number of H-pyrrole nitrogens is 1. The number of hydrogen-bond acceptors (Lipinski definition) is 4. The molecule has 0 bridgehead atoms. The van der Waals surface area contributed by atoms with Gasteiger partial charge in [-0.1, -0.05) is 12.1 Å². The largest absolute Gasteiger partial charge is 0.363 e. The van der Waals surface area contributed by atoms with Gasteiger partial charge in [0.2, 0.25) is 0 Å². The molecule has 0 aromatic heterocycles. The minimum absolute atomic E-state index is 0.189. The Morgan fingerprint density at radius 1 is 1.22 bits per heavy atom. The molecule has 2 heterocycles. The third-order valence-corrected chi connectivity index (χ3v) is 2.67. The molecular formula is C12H8N4O2. The Morgan fingerprint density at radius 2 is 2.00 bits per heavy atom. The van der Waals surface area contributed by atoms with Gasteiger partial charge in [0.05, 0.1) is 0 Å². The summed E-state index contributed by atoms with van der Waals surface area (Å²) >= 11 is 0. The maximum atomic E-state index is 12.1. The van der Waals surface area contributed by atoms with Crippen molar-refractivity contribution in [3.63, 3.8) is 0 Å². The first-order valence-corrected chi connectivity index (χ1v) is 5.28. The van der Waals surface area contributed by atoms with E-state index in [9.17, 15) is 9.70 Å². The lowest BCUT2D eigenvalue weighted by Crippen LogP contribution is -2.12. The van der Waals surface area contributed by atoms with Crippen molar-refractivity contribution in [1.29, 1.82) is 0 Å². The van der Waals surface area contributed by atoms with Crippen LogP contribution in [0.5, 0.6) is 0 Å². The fourth-order valence-electron chi connectivity index (χ4n) is 1.79. The van der Waals surface area contributed by atoms with E-state index in [-0.39, 0.29) is 5.56 Å². The van der Waals surface area contributed by atoms with Crippen LogP contribution in [0.3, 0.4) is 0 Å². The van der Waals surface area contributed by atoms with Gasteiger partial charge in [0, 0.05) is 24.2 Å². The standard InChI is InChI=1S/C12H8N4O2/c17-12-11(8-1-3-9(15-18)4-2-8)14-10-7-13-5-6-16(10)12/h1-7,13H. The van der Waals surface area contributed by atoms with Gasteiger partial charge in [0.1, 0.15) is 11.4 Å². The second-order valence-corrected chi connectivity index (χ2v) is 3.76. The molecule has 0 atom stereocenters. The number of nitrogens with zero attached hydrogens (tertiary/aromatic N) is 3. The van der Waals surface area contributed by atoms with E-state index in [4.69, 9.17) is 0 Å². The van der Waals surface area contributed by atoms with E-state index >= 15 is 0 Å². The highest BCUT2D eigenvalue weighted by molar-refractivity contribution is 5.62. The number of benzene rings is 1. The summed E-state index contributed by atoms with van der Waals surface area (Å²) in [5.74, 6) is 0.551. The lowest BCUT2D eigenvalue weighted by Gasteiger charge is -1.95. The van der Waals surface area contributed by atoms with Crippen LogP contribution in [0.1, 0.15) is 0 Å². The van der Waals surface area contributed by atoms with Gasteiger partial charge >= 0.3 is 0 Å². The molecule has 0 spiro atoms. The van der Waals surface area contributed by atoms with Gasteiger partial charge in [-0.2, -0.15) is 0 Å². The Kier molecular flexibility index (Phi) is 2.26. The maximum absolute atomic E-state index is 12.1. The predicted octanol–water partition coefficient (Wildman–Crippen LogP) is 2.06. The topological polar surface area (TPSA) is 80.1 Å². The van der Waals surface area contributed by atoms with Crippen molar-refractivity contribution >= 4 is 5.69 Å². The van der Waals surface area contributed by atoms with Crippen molar-refractivity contribution in [3.8, 4) is 17.1 Å². The number of aromatic nitrogens is 3. The second kappa shape index (κ2) is 3.92. The number of imidazole rings is 1. The summed E-state index contributed by atoms with van der Waals surface area (Å²) in [5, 5.41) is 2.81. The number of hydrogen-bond donors (Lipinski definition) is 1. The van der Waals surface area contributed by atoms with Crippen LogP contribution in [-0.2, 0) is 0 Å². The van der Waals surface area contributed by atoms with Crippen molar-refractivity contribution in [3.05, 3.63) is 58.1 Å². The molecule has 6 nitrogen and oxygen atoms in total. The number of fused-ring (bicyclic) bond motifs is 1. The first-order valence-electron chi connectivity index (χ1n) is 5.28. The Labute approximate surface area is 101 Å². The lowest BCUT2D eigenvalue weighted by atomic mass is 10.1. The van der Waals surface area contributed by atoms with Gasteiger partial charge in [-0.15, -0.1) is 4.91 Å². The molecule has 0 saturated carbocycles. The minimum Gasteiger partial charge on any atom is -0.363 e. The van der Waals surface area contributed by atoms with Crippen LogP contribution in [0.4, 0.5) is 5.69 Å². The van der Waals surface area contributed by atoms with E-state index in [1.54, 1.807) is 42.9 Å². The van der Waals surface area contributed by atoms with Crippen LogP contribution in [-0.4, -0.2) is 14.5 Å². The van der Waals surface area contributed by atoms with E-state index < -0.39 is 0 Å². The molecule has 2 aliphatic heterocycles. The number of rotatable bonds is 2. The van der Waals surface area contributed by atoms with Crippen LogP contribution < -0.4 is 5.56 Å². The molecule has 0 saturated heterocycles. The highest BCUT2D eigenvalue weighted by Gasteiger charge is 2.14. The predicted molar refractivity (Wildman–Crippen MR) is 66.3 cm³/mol. The van der Waals surface area contributed by atoms with Crippen LogP contribution in [0.25, 0.3) is 17.1 Å². The summed E-state index contributed by atoms with van der Waals surface area (Å²) in [6, 6.07) is 6.42. The highest BCUT2D eigenvalue weighted by Crippen LogP contribution is 2.20. The van der Waals surface area contributed by atoms with Crippen molar-refractivity contribution in [2.24, 2.45) is 5.18 Å². The van der Waals surface area contributed by atoms with Crippen LogP contribution in [0.2, 0.25) is 0 Å². The van der Waals surface area contributed by atoms with Gasteiger partial charge in [-0.05, 0) is 17.3 Å². The van der Waals surface area contributed by atoms with Gasteiger partial charge in [0.25, 0.3) is 5.56 Å². The zero-order valence-electron chi connectivity index (χ0n) is 9.20. The molecule has 1 aromatic carbocycles. The quantitative estimate of drug-likeness (QED) is 0.696. The van der Waals surface area contributed by atoms with Crippen LogP contribution in [0, 0.1) is 4.91 Å². The SMILES string of the molecule is O=Nc1ccc(-c2nc3c[nH]ccn-3c2=O)cc1. The van der Waals surface area contributed by atoms with Crippen molar-refractivity contribution in [2.75, 3.05) is 0 Å². The van der Waals surface area contributed by atoms with Gasteiger partial charge < -0.3 is 4.98 Å². The first-order chi connectivity index (χ1) is 8.79. The van der Waals surface area contributed by atoms with Crippen LogP contribution >= 0.6 is 0 Å². The fraction of sp³-hybridized carbons (Fsp3) is 0. The number of aromatic amines is 1. The smallest absolute Gasteiger partial charge is 0.282 e. The molecular weight excluding hydrogens is 232 g/mol. The number of nitrogens with one attached hydrogen (secondary N) is 1. The average Bonchev–Trinajstić information content (AvgIpc) is 2.77. The minimum atomic E-state index is -0.189. The van der Waals surface area contributed by atoms with Gasteiger partial charge in [-0.3, -0.25) is 9.36 Å². The van der Waals surface area contributed by atoms with E-state index in [1.807, 2.05) is 0 Å². The van der Waals surface area contributed by atoms with E-state index in [0.29, 0.717) is 22.8 Å². The third-order valence-electron chi connectivity index (χ3n) is 2.67. The third kappa shape index (κ3) is 1.51. The number of nitroso groups, excluding NO2 is 1. The summed E-state index contributed by atoms with van der Waals surface area (Å²) in [6.07, 6.45) is 4.92. The highest BCUT2D eigenvalue weighted by atomic mass is 16.3. The fourth-order valence-corrected chi connectivity index (χ4v) is 1.79. The molecule has 0 aliphatic carbocycles. The van der Waals surface area contributed by atoms with Crippen molar-refractivity contribution in [2.45, 2.75) is 0 Å². The molecule has 1 aromatic rings. The Morgan fingerprint density at radius 3 is 2.67 bits per heavy atom. The Hall–Kier alpha value is -2.76. The summed E-state index contributed by atoms with van der Waals surface area (Å²) in [6.45, 7) is 0. The zero-order valence-corrected chi connectivity index (χ0v) is 9.20. The molecule has 0 amide bonds. The summed E-state index contributed by atoms with van der Waals surface area (Å²) in [7, 11) is 0. The van der Waals surface area contributed by atoms with E-state index in [1.165, 1.54) is 4.57 Å². The average molecular weight is 240 g/mol. The van der Waals surface area contributed by atoms with Crippen LogP contribution in [0.15, 0.2) is 52.8 Å². The first kappa shape index (κ1) is 10.4. The molecule has 1 N–H and O–H groups in total. The maximum Gasteiger partial charge on any atom is 0.282 e. The molecule has 0 radical (unpaired) electrons. The van der Waals surface area contributed by atoms with Crippen molar-refractivity contribution < 1.29 is 0 Å². The van der Waals surface area contributed by atoms with E-state index in [0.717, 1.165) is 0 Å². The zero-order chi connectivity index (χ0) is 12.5. The molecule has 6 heteroatoms. The van der Waals surface area contributed by atoms with E-state index in [2.05, 4.69) is 15.1 Å². The molecule has 0 unspecified atom stereocenters. The monoisotopic (exact) mass is 240 g/mol. The summed E-state index contributed by atoms with van der Waals surface area (Å²) in [4.78, 5) is 29.5.